The molecule has 0 aliphatic rings. The zero-order valence-corrected chi connectivity index (χ0v) is 33.0. The average Bonchev–Trinajstić information content (AvgIpc) is 3.17. The van der Waals surface area contributed by atoms with Crippen LogP contribution in [0.5, 0.6) is 11.5 Å². The molecule has 2 amide bonds. The number of methoxy groups -OCH3 is 2. The van der Waals surface area contributed by atoms with Crippen LogP contribution in [0.15, 0.2) is 78.9 Å². The Kier molecular flexibility index (Phi) is 18.3. The maximum absolute atomic E-state index is 13.0. The van der Waals surface area contributed by atoms with Crippen LogP contribution in [0.2, 0.25) is 0 Å². The summed E-state index contributed by atoms with van der Waals surface area (Å²) in [5.41, 5.74) is 1.45. The first-order valence-corrected chi connectivity index (χ1v) is 19.4. The number of rotatable bonds is 24. The predicted molar refractivity (Wildman–Crippen MR) is 209 cm³/mol. The molecule has 0 aliphatic carbocycles. The summed E-state index contributed by atoms with van der Waals surface area (Å²) in [5, 5.41) is 5.24. The molecule has 0 aromatic heterocycles. The number of ether oxygens (including phenoxy) is 3. The van der Waals surface area contributed by atoms with E-state index in [9.17, 15) is 19.2 Å². The second-order valence-corrected chi connectivity index (χ2v) is 14.8. The standard InChI is InChI=1S/C41H53N4O8P/c1-30(2)45(31(3)4)54(53-26-24-42-5)29-40(49)44-27-35(46)17-22-39(48)43-28-36(47)23-25-52-41(32-11-9-8-10-12-32,33-13-18-37(50-6)19-14-33)34-15-20-38(51-7)21-16-34/h8-16,18-21,30-31H,17,22-29H2,1-4,6-7H3,(H,43,48)(H,44,49). The smallest absolute Gasteiger partial charge is 0.238 e. The van der Waals surface area contributed by atoms with Crippen molar-refractivity contribution in [2.24, 2.45) is 0 Å². The van der Waals surface area contributed by atoms with Gasteiger partial charge in [-0.15, -0.1) is 0 Å². The van der Waals surface area contributed by atoms with E-state index in [1.807, 2.05) is 107 Å². The van der Waals surface area contributed by atoms with Crippen molar-refractivity contribution in [3.8, 4) is 11.5 Å². The molecular weight excluding hydrogens is 707 g/mol. The summed E-state index contributed by atoms with van der Waals surface area (Å²) in [7, 11) is 1.89. The number of Topliss-reactive ketones (excluding diaryl/α,β-unsaturated/α-hetero) is 2. The van der Waals surface area contributed by atoms with E-state index in [1.54, 1.807) is 14.2 Å². The third-order valence-electron chi connectivity index (χ3n) is 8.51. The largest absolute Gasteiger partial charge is 0.497 e. The number of carbonyl (C=O) groups is 4. The zero-order valence-electron chi connectivity index (χ0n) is 32.1. The Morgan fingerprint density at radius 2 is 1.20 bits per heavy atom. The molecule has 3 rings (SSSR count). The van der Waals surface area contributed by atoms with Gasteiger partial charge in [0.25, 0.3) is 0 Å². The quantitative estimate of drug-likeness (QED) is 0.0494. The van der Waals surface area contributed by atoms with Crippen LogP contribution in [0.25, 0.3) is 4.85 Å². The monoisotopic (exact) mass is 760 g/mol. The van der Waals surface area contributed by atoms with E-state index >= 15 is 0 Å². The Morgan fingerprint density at radius 1 is 0.704 bits per heavy atom. The van der Waals surface area contributed by atoms with Gasteiger partial charge in [-0.1, -0.05) is 54.6 Å². The fraction of sp³-hybridized carbons (Fsp3) is 0.439. The molecule has 0 aliphatic heterocycles. The van der Waals surface area contributed by atoms with Crippen molar-refractivity contribution in [3.63, 3.8) is 0 Å². The Labute approximate surface area is 320 Å². The zero-order chi connectivity index (χ0) is 39.5. The summed E-state index contributed by atoms with van der Waals surface area (Å²) >= 11 is 0. The summed E-state index contributed by atoms with van der Waals surface area (Å²) in [6.45, 7) is 15.1. The molecule has 2 N–H and O–H groups in total. The molecule has 3 aromatic rings. The molecule has 1 unspecified atom stereocenters. The van der Waals surface area contributed by atoms with Crippen molar-refractivity contribution in [2.45, 2.75) is 64.6 Å². The molecular formula is C41H53N4O8P. The molecule has 0 saturated heterocycles. The number of nitrogens with zero attached hydrogens (tertiary/aromatic N) is 2. The van der Waals surface area contributed by atoms with E-state index in [1.165, 1.54) is 0 Å². The van der Waals surface area contributed by atoms with Gasteiger partial charge in [0.1, 0.15) is 32.0 Å². The van der Waals surface area contributed by atoms with E-state index < -0.39 is 19.8 Å². The van der Waals surface area contributed by atoms with Gasteiger partial charge in [0.2, 0.25) is 18.4 Å². The molecule has 290 valence electrons. The van der Waals surface area contributed by atoms with Gasteiger partial charge in [-0.2, -0.15) is 0 Å². The van der Waals surface area contributed by atoms with Crippen molar-refractivity contribution in [1.82, 2.24) is 15.3 Å². The molecule has 0 saturated carbocycles. The molecule has 1 atom stereocenters. The summed E-state index contributed by atoms with van der Waals surface area (Å²) in [5.74, 6) is 0.0569. The number of nitrogens with one attached hydrogen (secondary N) is 2. The normalized spacial score (nSPS) is 11.9. The highest BCUT2D eigenvalue weighted by atomic mass is 31.2. The van der Waals surface area contributed by atoms with Gasteiger partial charge in [-0.05, 0) is 68.7 Å². The van der Waals surface area contributed by atoms with E-state index in [2.05, 4.69) is 20.1 Å². The Bertz CT molecular complexity index is 1620. The lowest BCUT2D eigenvalue weighted by Gasteiger charge is -2.36. The van der Waals surface area contributed by atoms with Crippen LogP contribution in [0, 0.1) is 6.57 Å². The van der Waals surface area contributed by atoms with Crippen molar-refractivity contribution < 1.29 is 37.9 Å². The molecule has 0 heterocycles. The highest BCUT2D eigenvalue weighted by Crippen LogP contribution is 2.44. The summed E-state index contributed by atoms with van der Waals surface area (Å²) < 4.78 is 25.5. The lowest BCUT2D eigenvalue weighted by molar-refractivity contribution is -0.128. The van der Waals surface area contributed by atoms with Gasteiger partial charge >= 0.3 is 0 Å². The van der Waals surface area contributed by atoms with Crippen LogP contribution in [0.3, 0.4) is 0 Å². The first-order chi connectivity index (χ1) is 25.9. The number of benzene rings is 3. The summed E-state index contributed by atoms with van der Waals surface area (Å²) in [4.78, 5) is 54.1. The number of hydrogen-bond donors (Lipinski definition) is 2. The lowest BCUT2D eigenvalue weighted by Crippen LogP contribution is -2.38. The lowest BCUT2D eigenvalue weighted by atomic mass is 9.80. The first kappa shape index (κ1) is 43.7. The van der Waals surface area contributed by atoms with Crippen LogP contribution >= 0.6 is 8.30 Å². The fourth-order valence-electron chi connectivity index (χ4n) is 5.98. The molecule has 3 aromatic carbocycles. The molecule has 0 fully saturated rings. The van der Waals surface area contributed by atoms with Gasteiger partial charge in [0, 0.05) is 31.3 Å². The van der Waals surface area contributed by atoms with Gasteiger partial charge in [0.15, 0.2) is 11.6 Å². The number of carbonyl (C=O) groups excluding carboxylic acids is 4. The minimum Gasteiger partial charge on any atom is -0.497 e. The molecule has 12 nitrogen and oxygen atoms in total. The third-order valence-corrected chi connectivity index (χ3v) is 11.0. The maximum atomic E-state index is 13.0. The highest BCUT2D eigenvalue weighted by Gasteiger charge is 2.38. The Balaban J connectivity index is 1.55. The van der Waals surface area contributed by atoms with Crippen LogP contribution < -0.4 is 20.1 Å². The predicted octanol–water partition coefficient (Wildman–Crippen LogP) is 5.92. The minimum atomic E-state index is -1.31. The number of hydrogen-bond acceptors (Lipinski definition) is 9. The molecule has 0 radical (unpaired) electrons. The summed E-state index contributed by atoms with van der Waals surface area (Å²) in [6, 6.07) is 25.2. The van der Waals surface area contributed by atoms with E-state index in [-0.39, 0.29) is 87.8 Å². The van der Waals surface area contributed by atoms with Crippen molar-refractivity contribution >= 4 is 31.7 Å². The van der Waals surface area contributed by atoms with Crippen LogP contribution in [-0.4, -0.2) is 93.4 Å². The second kappa shape index (κ2) is 22.5. The van der Waals surface area contributed by atoms with Crippen LogP contribution in [-0.2, 0) is 34.0 Å². The van der Waals surface area contributed by atoms with Crippen molar-refractivity contribution in [2.75, 3.05) is 53.2 Å². The van der Waals surface area contributed by atoms with E-state index in [4.69, 9.17) is 25.3 Å². The second-order valence-electron chi connectivity index (χ2n) is 13.0. The third kappa shape index (κ3) is 13.0. The fourth-order valence-corrected chi connectivity index (χ4v) is 8.05. The van der Waals surface area contributed by atoms with Gasteiger partial charge < -0.3 is 34.2 Å². The Hall–Kier alpha value is -4.66. The number of ketones is 2. The van der Waals surface area contributed by atoms with Crippen LogP contribution in [0.1, 0.15) is 63.6 Å². The van der Waals surface area contributed by atoms with Crippen molar-refractivity contribution in [3.05, 3.63) is 107 Å². The molecule has 0 spiro atoms. The minimum absolute atomic E-state index is 0.0291. The SMILES string of the molecule is [C-]#[N+]CCOP(CC(=O)NCC(=O)CCC(=O)NCC(=O)CCOC(c1ccccc1)(c1ccc(OC)cc1)c1ccc(OC)cc1)N(C(C)C)C(C)C. The van der Waals surface area contributed by atoms with E-state index in [0.29, 0.717) is 11.5 Å². The van der Waals surface area contributed by atoms with Crippen LogP contribution in [0.4, 0.5) is 0 Å². The van der Waals surface area contributed by atoms with Gasteiger partial charge in [-0.3, -0.25) is 23.8 Å². The Morgan fingerprint density at radius 3 is 1.70 bits per heavy atom. The van der Waals surface area contributed by atoms with Gasteiger partial charge in [0.05, 0.1) is 40.1 Å². The summed E-state index contributed by atoms with van der Waals surface area (Å²) in [6.07, 6.45) is -0.115. The average molecular weight is 761 g/mol. The molecule has 13 heteroatoms. The maximum Gasteiger partial charge on any atom is 0.238 e. The van der Waals surface area contributed by atoms with Crippen molar-refractivity contribution in [1.29, 1.82) is 0 Å². The highest BCUT2D eigenvalue weighted by molar-refractivity contribution is 7.51. The topological polar surface area (TPSA) is 137 Å². The van der Waals surface area contributed by atoms with Gasteiger partial charge in [-0.25, -0.2) is 6.57 Å². The molecule has 54 heavy (non-hydrogen) atoms. The molecule has 0 bridgehead atoms. The number of amides is 2. The van der Waals surface area contributed by atoms with E-state index in [0.717, 1.165) is 16.7 Å². The first-order valence-electron chi connectivity index (χ1n) is 18.0.